The summed E-state index contributed by atoms with van der Waals surface area (Å²) in [4.78, 5) is 52.8. The minimum atomic E-state index is -1.09. The third-order valence-corrected chi connectivity index (χ3v) is 22.2. The number of ether oxygens (including phenoxy) is 4. The molecule has 12 aromatic rings. The molecular weight excluding hydrogens is 1370 g/mol. The van der Waals surface area contributed by atoms with Crippen molar-refractivity contribution in [3.8, 4) is 56.3 Å². The van der Waals surface area contributed by atoms with Gasteiger partial charge in [0.15, 0.2) is 5.69 Å². The molecule has 10 heterocycles. The van der Waals surface area contributed by atoms with Gasteiger partial charge in [-0.2, -0.15) is 0 Å². The van der Waals surface area contributed by atoms with Crippen molar-refractivity contribution < 1.29 is 61.8 Å². The molecule has 6 aliphatic heterocycles. The van der Waals surface area contributed by atoms with E-state index in [2.05, 4.69) is 70.1 Å². The second-order valence-electron chi connectivity index (χ2n) is 28.7. The third-order valence-electron chi connectivity index (χ3n) is 22.2. The smallest absolute Gasteiger partial charge is 0.354 e. The van der Waals surface area contributed by atoms with Crippen LogP contribution in [0.25, 0.3) is 83.2 Å². The molecule has 544 valence electrons. The minimum absolute atomic E-state index is 0.0231. The number of carboxylic acids is 3. The zero-order valence-electron chi connectivity index (χ0n) is 59.3. The number of halogens is 3. The van der Waals surface area contributed by atoms with Crippen LogP contribution in [0.1, 0.15) is 163 Å². The summed E-state index contributed by atoms with van der Waals surface area (Å²) in [7, 11) is 0. The Morgan fingerprint density at radius 3 is 1.19 bits per heavy atom. The Bertz CT molecular complexity index is 5640. The van der Waals surface area contributed by atoms with E-state index in [9.17, 15) is 42.9 Å². The van der Waals surface area contributed by atoms with Crippen LogP contribution in [-0.4, -0.2) is 116 Å². The second-order valence-corrected chi connectivity index (χ2v) is 28.7. The quantitative estimate of drug-likeness (QED) is 0.0931. The number of nitrogens with zero attached hydrogens (tertiary/aromatic N) is 7. The maximum Gasteiger partial charge on any atom is 0.354 e. The maximum atomic E-state index is 14.0. The Labute approximate surface area is 619 Å². The SMILES string of the molecule is Cc1cc(C(=O)O)ccc1-c1c(C2CCOCC2)n(-c2ccc(F)cc2)c2cc3c(cc12)CN=C3.O=C(O)c1ccc(-c2c(C3CCOCC3)n(-c3ccc(F)cc3)c3cc4c(cc23)CN=C4)c(OC2CCC2)n1.O=C(O)c1ccc(-c2c(C3CCOCC3)n(-c3ccc(F)cc3)c3cc4c(cc23)CN=C4)cc1. The van der Waals surface area contributed by atoms with Crippen LogP contribution in [0.2, 0.25) is 0 Å². The fourth-order valence-electron chi connectivity index (χ4n) is 16.6. The molecule has 0 atom stereocenters. The standard InChI is InChI=1S/C31H28FN3O4.C29H25FN2O3.C28H23FN2O3/c32-21-4-6-22(7-5-21)35-27-15-20-17-33-16-19(20)14-25(27)28(29(35)18-10-12-38-13-11-18)24-8-9-26(31(36)37)34-30(24)39-23-2-1-3-23;1-17-12-19(29(33)34)2-7-24(17)27-25-13-20-15-31-16-21(20)14-26(25)32(23-5-3-22(30)4-6-23)28(27)18-8-10-35-11-9-18;29-22-5-7-23(8-6-22)31-25-14-21-16-30-15-20(21)13-24(25)26(27(31)18-9-11-34-12-10-18)17-1-3-19(4-2-17)28(32)33/h4-9,14-15,17-18,23H,1-3,10-13,16H2,(H,36,37);2-7,12-14,16,18H,8-11,15H2,1H3,(H,33,34);1-8,13-14,16,18H,9-12,15H2,(H,32,33). The van der Waals surface area contributed by atoms with Gasteiger partial charge >= 0.3 is 17.9 Å². The summed E-state index contributed by atoms with van der Waals surface area (Å²) in [6.45, 7) is 7.94. The Hall–Kier alpha value is -11.6. The zero-order chi connectivity index (χ0) is 73.8. The van der Waals surface area contributed by atoms with E-state index < -0.39 is 17.9 Å². The molecule has 0 unspecified atom stereocenters. The summed E-state index contributed by atoms with van der Waals surface area (Å²) < 4.78 is 71.9. The van der Waals surface area contributed by atoms with Crippen LogP contribution in [0.3, 0.4) is 0 Å². The van der Waals surface area contributed by atoms with E-state index in [4.69, 9.17) is 18.9 Å². The van der Waals surface area contributed by atoms with E-state index in [0.717, 1.165) is 180 Å². The molecule has 20 heteroatoms. The minimum Gasteiger partial charge on any atom is -0.478 e. The van der Waals surface area contributed by atoms with Gasteiger partial charge < -0.3 is 48.0 Å². The number of aromatic nitrogens is 4. The number of fused-ring (bicyclic) bond motifs is 6. The highest BCUT2D eigenvalue weighted by molar-refractivity contribution is 6.07. The van der Waals surface area contributed by atoms with Crippen LogP contribution >= 0.6 is 0 Å². The summed E-state index contributed by atoms with van der Waals surface area (Å²) in [6.07, 6.45) is 13.9. The summed E-state index contributed by atoms with van der Waals surface area (Å²) in [5, 5.41) is 31.8. The molecule has 17 nitrogen and oxygen atoms in total. The lowest BCUT2D eigenvalue weighted by molar-refractivity contribution is 0.0678. The normalized spacial score (nSPS) is 16.3. The molecule has 4 fully saturated rings. The van der Waals surface area contributed by atoms with Gasteiger partial charge in [-0.15, -0.1) is 0 Å². The second kappa shape index (κ2) is 29.3. The van der Waals surface area contributed by atoms with Crippen LogP contribution in [0.4, 0.5) is 13.2 Å². The van der Waals surface area contributed by atoms with Gasteiger partial charge in [0, 0.05) is 149 Å². The largest absolute Gasteiger partial charge is 0.478 e. The first kappa shape index (κ1) is 69.5. The predicted molar refractivity (Wildman–Crippen MR) is 410 cm³/mol. The van der Waals surface area contributed by atoms with E-state index in [1.165, 1.54) is 53.2 Å². The van der Waals surface area contributed by atoms with Crippen molar-refractivity contribution in [3.63, 3.8) is 0 Å². The topological polar surface area (TPSA) is 214 Å². The van der Waals surface area contributed by atoms with Gasteiger partial charge in [-0.05, 0) is 260 Å². The number of hydrogen-bond donors (Lipinski definition) is 3. The average molecular weight is 1450 g/mol. The number of rotatable bonds is 14. The Morgan fingerprint density at radius 2 is 0.806 bits per heavy atom. The number of aliphatic imine (C=N–C) groups is 3. The first-order valence-electron chi connectivity index (χ1n) is 36.9. The van der Waals surface area contributed by atoms with E-state index >= 15 is 0 Å². The molecule has 1 aliphatic carbocycles. The molecule has 108 heavy (non-hydrogen) atoms. The molecule has 3 N–H and O–H groups in total. The van der Waals surface area contributed by atoms with Crippen LogP contribution < -0.4 is 4.74 Å². The first-order valence-corrected chi connectivity index (χ1v) is 36.9. The number of carbonyl (C=O) groups is 3. The van der Waals surface area contributed by atoms with E-state index in [-0.39, 0.29) is 58.1 Å². The van der Waals surface area contributed by atoms with Gasteiger partial charge in [0.25, 0.3) is 0 Å². The fourth-order valence-corrected chi connectivity index (χ4v) is 16.6. The van der Waals surface area contributed by atoms with Crippen LogP contribution in [0.15, 0.2) is 179 Å². The number of aromatic carboxylic acids is 3. The molecule has 7 aliphatic rings. The Balaban J connectivity index is 0.000000119. The highest BCUT2D eigenvalue weighted by Gasteiger charge is 2.35. The van der Waals surface area contributed by atoms with Crippen molar-refractivity contribution in [1.82, 2.24) is 18.7 Å². The molecule has 4 aromatic heterocycles. The molecule has 8 aromatic carbocycles. The molecule has 1 saturated carbocycles. The lowest BCUT2D eigenvalue weighted by Crippen LogP contribution is -2.25. The van der Waals surface area contributed by atoms with Crippen LogP contribution in [-0.2, 0) is 33.8 Å². The number of hydrogen-bond acceptors (Lipinski definition) is 11. The van der Waals surface area contributed by atoms with Crippen LogP contribution in [0, 0.1) is 24.4 Å². The Morgan fingerprint density at radius 1 is 0.426 bits per heavy atom. The molecule has 0 spiro atoms. The lowest BCUT2D eigenvalue weighted by Gasteiger charge is -2.28. The third kappa shape index (κ3) is 13.1. The predicted octanol–water partition coefficient (Wildman–Crippen LogP) is 18.5. The van der Waals surface area contributed by atoms with Crippen molar-refractivity contribution in [2.24, 2.45) is 15.0 Å². The lowest BCUT2D eigenvalue weighted by atomic mass is 9.88. The first-order chi connectivity index (χ1) is 52.7. The molecule has 3 saturated heterocycles. The van der Waals surface area contributed by atoms with Crippen molar-refractivity contribution in [3.05, 3.63) is 254 Å². The monoisotopic (exact) mass is 1450 g/mol. The van der Waals surface area contributed by atoms with Gasteiger partial charge in [0.1, 0.15) is 23.6 Å². The maximum absolute atomic E-state index is 14.0. The summed E-state index contributed by atoms with van der Waals surface area (Å²) in [6, 6.07) is 48.8. The molecule has 19 rings (SSSR count). The highest BCUT2D eigenvalue weighted by Crippen LogP contribution is 2.50. The molecule has 0 amide bonds. The van der Waals surface area contributed by atoms with Gasteiger partial charge in [-0.1, -0.05) is 18.2 Å². The number of pyridine rings is 1. The van der Waals surface area contributed by atoms with Crippen LogP contribution in [0.5, 0.6) is 5.88 Å². The summed E-state index contributed by atoms with van der Waals surface area (Å²) in [5.74, 6) is -2.78. The van der Waals surface area contributed by atoms with E-state index in [1.807, 2.05) is 74.1 Å². The molecule has 0 bridgehead atoms. The van der Waals surface area contributed by atoms with Crippen molar-refractivity contribution >= 4 is 69.3 Å². The highest BCUT2D eigenvalue weighted by atomic mass is 19.1. The molecule has 0 radical (unpaired) electrons. The van der Waals surface area contributed by atoms with Crippen molar-refractivity contribution in [2.75, 3.05) is 39.6 Å². The fraction of sp³-hybridized carbons (Fsp3) is 0.261. The van der Waals surface area contributed by atoms with Gasteiger partial charge in [-0.3, -0.25) is 15.0 Å². The number of carboxylic acid groups (broad SMARTS) is 3. The average Bonchev–Trinajstić information content (AvgIpc) is 1.58. The van der Waals surface area contributed by atoms with E-state index in [0.29, 0.717) is 65.2 Å². The van der Waals surface area contributed by atoms with Crippen molar-refractivity contribution in [1.29, 1.82) is 0 Å². The number of benzene rings is 8. The zero-order valence-corrected chi connectivity index (χ0v) is 59.3. The van der Waals surface area contributed by atoms with Crippen molar-refractivity contribution in [2.45, 2.75) is 108 Å². The van der Waals surface area contributed by atoms with E-state index in [1.54, 1.807) is 42.5 Å². The molecular formula is C88H76F3N7O10. The van der Waals surface area contributed by atoms with Gasteiger partial charge in [0.05, 0.1) is 47.3 Å². The van der Waals surface area contributed by atoms with Gasteiger partial charge in [-0.25, -0.2) is 32.5 Å². The summed E-state index contributed by atoms with van der Waals surface area (Å²) in [5.41, 5.74) is 23.2. The Kier molecular flexibility index (Phi) is 18.8. The summed E-state index contributed by atoms with van der Waals surface area (Å²) >= 11 is 0. The number of aryl methyl sites for hydroxylation is 1. The van der Waals surface area contributed by atoms with Gasteiger partial charge in [0.2, 0.25) is 5.88 Å².